The van der Waals surface area contributed by atoms with Crippen molar-refractivity contribution in [1.82, 2.24) is 0 Å². The van der Waals surface area contributed by atoms with E-state index < -0.39 is 20.4 Å². The molecule has 4 heteroatoms. The molecule has 0 saturated heterocycles. The van der Waals surface area contributed by atoms with Crippen LogP contribution in [0.5, 0.6) is 0 Å². The van der Waals surface area contributed by atoms with Gasteiger partial charge in [-0.15, -0.1) is 0 Å². The fourth-order valence-electron chi connectivity index (χ4n) is 0.929. The maximum atomic E-state index is 12.2. The van der Waals surface area contributed by atoms with Crippen molar-refractivity contribution < 1.29 is 9.00 Å². The van der Waals surface area contributed by atoms with E-state index in [1.165, 1.54) is 6.26 Å². The van der Waals surface area contributed by atoms with Crippen molar-refractivity contribution in [2.45, 2.75) is 25.5 Å². The summed E-state index contributed by atoms with van der Waals surface area (Å²) in [6.07, 6.45) is 1.52. The van der Waals surface area contributed by atoms with E-state index in [1.807, 2.05) is 26.8 Å². The van der Waals surface area contributed by atoms with Gasteiger partial charge in [-0.2, -0.15) is 4.36 Å². The van der Waals surface area contributed by atoms with E-state index >= 15 is 0 Å². The second-order valence-corrected chi connectivity index (χ2v) is 7.69. The van der Waals surface area contributed by atoms with Crippen LogP contribution >= 0.6 is 0 Å². The minimum absolute atomic E-state index is 0.414. The summed E-state index contributed by atoms with van der Waals surface area (Å²) in [5.41, 5.74) is 0.473. The Kier molecular flexibility index (Phi) is 3.53. The molecule has 3 nitrogen and oxygen atoms in total. The van der Waals surface area contributed by atoms with Crippen LogP contribution in [0.1, 0.15) is 31.1 Å². The standard InChI is InChI=1S/C12H17NO2S/c1-12(2,3)16(4,15)13-11(14)10-8-6-5-7-9-10/h5-9H,1-4H3. The smallest absolute Gasteiger partial charge is 0.266 e. The highest BCUT2D eigenvalue weighted by Gasteiger charge is 2.23. The predicted octanol–water partition coefficient (Wildman–Crippen LogP) is 2.72. The third kappa shape index (κ3) is 2.92. The summed E-state index contributed by atoms with van der Waals surface area (Å²) in [6.45, 7) is 5.45. The molecule has 1 amide bonds. The van der Waals surface area contributed by atoms with Gasteiger partial charge in [-0.05, 0) is 32.9 Å². The van der Waals surface area contributed by atoms with Crippen molar-refractivity contribution in [3.63, 3.8) is 0 Å². The summed E-state index contributed by atoms with van der Waals surface area (Å²) in [5.74, 6) is -0.414. The number of benzene rings is 1. The molecule has 0 radical (unpaired) electrons. The van der Waals surface area contributed by atoms with Gasteiger partial charge in [0, 0.05) is 16.6 Å². The lowest BCUT2D eigenvalue weighted by atomic mass is 10.2. The van der Waals surface area contributed by atoms with Gasteiger partial charge in [-0.1, -0.05) is 18.2 Å². The summed E-state index contributed by atoms with van der Waals surface area (Å²) in [6, 6.07) is 8.69. The van der Waals surface area contributed by atoms with Gasteiger partial charge in [0.1, 0.15) is 0 Å². The van der Waals surface area contributed by atoms with Crippen LogP contribution in [0.2, 0.25) is 0 Å². The third-order valence-electron chi connectivity index (χ3n) is 2.41. The van der Waals surface area contributed by atoms with E-state index in [4.69, 9.17) is 0 Å². The summed E-state index contributed by atoms with van der Waals surface area (Å²) in [5, 5.41) is 0. The molecule has 16 heavy (non-hydrogen) atoms. The molecule has 1 unspecified atom stereocenters. The molecule has 1 rings (SSSR count). The third-order valence-corrected chi connectivity index (χ3v) is 5.20. The Morgan fingerprint density at radius 3 is 2.12 bits per heavy atom. The summed E-state index contributed by atoms with van der Waals surface area (Å²) in [4.78, 5) is 11.8. The van der Waals surface area contributed by atoms with Gasteiger partial charge in [0.05, 0.1) is 9.73 Å². The summed E-state index contributed by atoms with van der Waals surface area (Å²) >= 11 is 0. The molecular weight excluding hydrogens is 222 g/mol. The van der Waals surface area contributed by atoms with Crippen LogP contribution in [0, 0.1) is 0 Å². The average Bonchev–Trinajstić information content (AvgIpc) is 2.16. The fraction of sp³-hybridized carbons (Fsp3) is 0.417. The second-order valence-electron chi connectivity index (χ2n) is 4.68. The van der Waals surface area contributed by atoms with Crippen LogP contribution in [-0.2, 0) is 9.73 Å². The highest BCUT2D eigenvalue weighted by atomic mass is 32.2. The van der Waals surface area contributed by atoms with Crippen molar-refractivity contribution in [3.05, 3.63) is 35.9 Å². The first-order valence-corrected chi connectivity index (χ1v) is 6.97. The van der Waals surface area contributed by atoms with E-state index in [9.17, 15) is 9.00 Å². The number of carbonyl (C=O) groups excluding carboxylic acids is 1. The van der Waals surface area contributed by atoms with Gasteiger partial charge in [-0.25, -0.2) is 4.21 Å². The minimum Gasteiger partial charge on any atom is -0.266 e. The van der Waals surface area contributed by atoms with Crippen LogP contribution in [-0.4, -0.2) is 21.1 Å². The van der Waals surface area contributed by atoms with Crippen molar-refractivity contribution in [2.75, 3.05) is 6.26 Å². The molecule has 0 aliphatic heterocycles. The van der Waals surface area contributed by atoms with Crippen molar-refractivity contribution in [1.29, 1.82) is 0 Å². The molecule has 0 aliphatic rings. The zero-order chi connectivity index (χ0) is 12.4. The molecule has 88 valence electrons. The van der Waals surface area contributed by atoms with Gasteiger partial charge < -0.3 is 0 Å². The maximum absolute atomic E-state index is 12.2. The van der Waals surface area contributed by atoms with Crippen LogP contribution in [0.4, 0.5) is 0 Å². The van der Waals surface area contributed by atoms with Crippen molar-refractivity contribution in [3.8, 4) is 0 Å². The monoisotopic (exact) mass is 239 g/mol. The van der Waals surface area contributed by atoms with Crippen LogP contribution in [0.25, 0.3) is 0 Å². The normalized spacial score (nSPS) is 15.2. The number of rotatable bonds is 1. The molecular formula is C12H17NO2S. The first kappa shape index (κ1) is 12.9. The molecule has 1 atom stereocenters. The number of hydrogen-bond acceptors (Lipinski definition) is 2. The molecule has 1 aromatic rings. The molecule has 0 fully saturated rings. The Balaban J connectivity index is 3.13. The topological polar surface area (TPSA) is 46.5 Å². The van der Waals surface area contributed by atoms with Gasteiger partial charge in [0.25, 0.3) is 5.91 Å². The van der Waals surface area contributed by atoms with Crippen LogP contribution < -0.4 is 0 Å². The Morgan fingerprint density at radius 2 is 1.69 bits per heavy atom. The molecule has 0 heterocycles. The molecule has 0 saturated carbocycles. The molecule has 0 spiro atoms. The van der Waals surface area contributed by atoms with Crippen LogP contribution in [0.15, 0.2) is 34.7 Å². The lowest BCUT2D eigenvalue weighted by molar-refractivity contribution is 0.100. The van der Waals surface area contributed by atoms with Gasteiger partial charge >= 0.3 is 0 Å². The maximum Gasteiger partial charge on any atom is 0.285 e. The summed E-state index contributed by atoms with van der Waals surface area (Å²) < 4.78 is 15.5. The molecule has 0 N–H and O–H groups in total. The first-order chi connectivity index (χ1) is 7.24. The molecule has 1 aromatic carbocycles. The molecule has 0 bridgehead atoms. The highest BCUT2D eigenvalue weighted by molar-refractivity contribution is 7.94. The number of nitrogens with zero attached hydrogens (tertiary/aromatic N) is 1. The Bertz CT molecular complexity index is 492. The fourth-order valence-corrected chi connectivity index (χ4v) is 1.62. The Morgan fingerprint density at radius 1 is 1.19 bits per heavy atom. The SMILES string of the molecule is CC(C)(C)S(C)(=O)=NC(=O)c1ccccc1. The van der Waals surface area contributed by atoms with Gasteiger partial charge in [0.2, 0.25) is 0 Å². The zero-order valence-corrected chi connectivity index (χ0v) is 10.9. The zero-order valence-electron chi connectivity index (χ0n) is 10.1. The van der Waals surface area contributed by atoms with Crippen molar-refractivity contribution >= 4 is 15.6 Å². The Labute approximate surface area is 97.1 Å². The quantitative estimate of drug-likeness (QED) is 0.756. The van der Waals surface area contributed by atoms with Crippen LogP contribution in [0.3, 0.4) is 0 Å². The lowest BCUT2D eigenvalue weighted by Crippen LogP contribution is -2.27. The van der Waals surface area contributed by atoms with E-state index in [1.54, 1.807) is 24.3 Å². The lowest BCUT2D eigenvalue weighted by Gasteiger charge is -2.19. The second kappa shape index (κ2) is 4.37. The highest BCUT2D eigenvalue weighted by Crippen LogP contribution is 2.17. The van der Waals surface area contributed by atoms with E-state index in [-0.39, 0.29) is 0 Å². The average molecular weight is 239 g/mol. The molecule has 0 aliphatic carbocycles. The minimum atomic E-state index is -2.52. The molecule has 0 aromatic heterocycles. The van der Waals surface area contributed by atoms with E-state index in [2.05, 4.69) is 4.36 Å². The number of hydrogen-bond donors (Lipinski definition) is 0. The largest absolute Gasteiger partial charge is 0.285 e. The van der Waals surface area contributed by atoms with Crippen molar-refractivity contribution in [2.24, 2.45) is 4.36 Å². The van der Waals surface area contributed by atoms with Gasteiger partial charge in [-0.3, -0.25) is 4.79 Å². The first-order valence-electron chi connectivity index (χ1n) is 5.05. The van der Waals surface area contributed by atoms with E-state index in [0.29, 0.717) is 5.56 Å². The number of carbonyl (C=O) groups is 1. The predicted molar refractivity (Wildman–Crippen MR) is 67.0 cm³/mol. The van der Waals surface area contributed by atoms with E-state index in [0.717, 1.165) is 0 Å². The summed E-state index contributed by atoms with van der Waals surface area (Å²) in [7, 11) is -2.52. The number of amides is 1. The van der Waals surface area contributed by atoms with Gasteiger partial charge in [0.15, 0.2) is 0 Å². The Hall–Kier alpha value is -1.16.